The van der Waals surface area contributed by atoms with Gasteiger partial charge in [0.25, 0.3) is 0 Å². The second kappa shape index (κ2) is 8.24. The van der Waals surface area contributed by atoms with Crippen LogP contribution in [0.1, 0.15) is 59.9 Å². The molecule has 3 aromatic rings. The fourth-order valence-corrected chi connectivity index (χ4v) is 5.02. The number of benzene rings is 1. The SMILES string of the molecule is Cc1cc2ncn(CCC(=O)N3CCCC3c3nc(C)c4c(n3)N(C)C(=O)CC4)c2cc1C. The molecule has 1 fully saturated rings. The molecule has 1 atom stereocenters. The van der Waals surface area contributed by atoms with Crippen LogP contribution in [0.25, 0.3) is 11.0 Å². The minimum atomic E-state index is -0.142. The molecule has 0 aliphatic carbocycles. The summed E-state index contributed by atoms with van der Waals surface area (Å²) in [6, 6.07) is 4.09. The summed E-state index contributed by atoms with van der Waals surface area (Å²) in [5.74, 6) is 1.52. The summed E-state index contributed by atoms with van der Waals surface area (Å²) in [7, 11) is 1.77. The van der Waals surface area contributed by atoms with Crippen molar-refractivity contribution in [1.29, 1.82) is 0 Å². The Labute approximate surface area is 193 Å². The Morgan fingerprint density at radius 2 is 1.91 bits per heavy atom. The first kappa shape index (κ1) is 21.6. The zero-order valence-electron chi connectivity index (χ0n) is 19.8. The van der Waals surface area contributed by atoms with Crippen molar-refractivity contribution >= 4 is 28.7 Å². The number of amides is 2. The van der Waals surface area contributed by atoms with Crippen LogP contribution in [0.15, 0.2) is 18.5 Å². The molecular formula is C25H30N6O2. The van der Waals surface area contributed by atoms with Crippen molar-refractivity contribution in [2.45, 2.75) is 65.5 Å². The van der Waals surface area contributed by atoms with Gasteiger partial charge >= 0.3 is 0 Å². The van der Waals surface area contributed by atoms with Crippen molar-refractivity contribution in [3.63, 3.8) is 0 Å². The van der Waals surface area contributed by atoms with E-state index >= 15 is 0 Å². The topological polar surface area (TPSA) is 84.2 Å². The number of hydrogen-bond donors (Lipinski definition) is 0. The highest BCUT2D eigenvalue weighted by Crippen LogP contribution is 2.34. The minimum absolute atomic E-state index is 0.0730. The lowest BCUT2D eigenvalue weighted by Crippen LogP contribution is -2.35. The van der Waals surface area contributed by atoms with Crippen LogP contribution in [-0.2, 0) is 22.6 Å². The molecule has 33 heavy (non-hydrogen) atoms. The van der Waals surface area contributed by atoms with Crippen LogP contribution in [-0.4, -0.2) is 49.8 Å². The molecule has 5 rings (SSSR count). The average Bonchev–Trinajstić information content (AvgIpc) is 3.42. The van der Waals surface area contributed by atoms with Gasteiger partial charge in [-0.2, -0.15) is 0 Å². The van der Waals surface area contributed by atoms with Crippen molar-refractivity contribution in [1.82, 2.24) is 24.4 Å². The lowest BCUT2D eigenvalue weighted by molar-refractivity contribution is -0.132. The molecule has 172 valence electrons. The van der Waals surface area contributed by atoms with E-state index in [4.69, 9.17) is 9.97 Å². The first-order valence-corrected chi connectivity index (χ1v) is 11.7. The first-order valence-electron chi connectivity index (χ1n) is 11.7. The van der Waals surface area contributed by atoms with Crippen molar-refractivity contribution in [3.05, 3.63) is 46.7 Å². The van der Waals surface area contributed by atoms with Crippen LogP contribution in [0.3, 0.4) is 0 Å². The van der Waals surface area contributed by atoms with Gasteiger partial charge < -0.3 is 9.47 Å². The van der Waals surface area contributed by atoms with E-state index in [1.165, 1.54) is 11.1 Å². The minimum Gasteiger partial charge on any atom is -0.332 e. The van der Waals surface area contributed by atoms with Gasteiger partial charge in [0.2, 0.25) is 11.8 Å². The molecule has 8 heteroatoms. The quantitative estimate of drug-likeness (QED) is 0.613. The number of aryl methyl sites for hydroxylation is 4. The Kier molecular flexibility index (Phi) is 5.38. The number of imidazole rings is 1. The number of anilines is 1. The molecule has 0 spiro atoms. The Hall–Kier alpha value is -3.29. The van der Waals surface area contributed by atoms with Gasteiger partial charge in [-0.25, -0.2) is 15.0 Å². The van der Waals surface area contributed by atoms with E-state index in [0.29, 0.717) is 44.0 Å². The van der Waals surface area contributed by atoms with Crippen molar-refractivity contribution in [2.75, 3.05) is 18.5 Å². The summed E-state index contributed by atoms with van der Waals surface area (Å²) in [6.07, 6.45) is 5.16. The number of rotatable bonds is 4. The highest BCUT2D eigenvalue weighted by molar-refractivity contribution is 5.94. The van der Waals surface area contributed by atoms with Gasteiger partial charge in [-0.05, 0) is 63.3 Å². The molecule has 0 N–H and O–H groups in total. The number of fused-ring (bicyclic) bond motifs is 2. The molecule has 1 aromatic carbocycles. The molecule has 0 saturated carbocycles. The predicted octanol–water partition coefficient (Wildman–Crippen LogP) is 3.41. The third-order valence-electron chi connectivity index (χ3n) is 7.16. The van der Waals surface area contributed by atoms with Gasteiger partial charge in [-0.1, -0.05) is 0 Å². The van der Waals surface area contributed by atoms with Crippen LogP contribution >= 0.6 is 0 Å². The third-order valence-corrected chi connectivity index (χ3v) is 7.16. The molecule has 2 amide bonds. The smallest absolute Gasteiger partial charge is 0.228 e. The molecule has 1 unspecified atom stereocenters. The van der Waals surface area contributed by atoms with E-state index in [1.807, 2.05) is 18.2 Å². The maximum absolute atomic E-state index is 13.2. The van der Waals surface area contributed by atoms with E-state index in [9.17, 15) is 9.59 Å². The fourth-order valence-electron chi connectivity index (χ4n) is 5.02. The van der Waals surface area contributed by atoms with Gasteiger partial charge in [0.15, 0.2) is 5.82 Å². The lowest BCUT2D eigenvalue weighted by Gasteiger charge is -2.29. The monoisotopic (exact) mass is 446 g/mol. The Morgan fingerprint density at radius 1 is 1.12 bits per heavy atom. The van der Waals surface area contributed by atoms with Crippen molar-refractivity contribution in [2.24, 2.45) is 0 Å². The first-order chi connectivity index (χ1) is 15.8. The van der Waals surface area contributed by atoms with Gasteiger partial charge in [0.05, 0.1) is 23.4 Å². The fraction of sp³-hybridized carbons (Fsp3) is 0.480. The van der Waals surface area contributed by atoms with E-state index in [0.717, 1.165) is 35.1 Å². The zero-order chi connectivity index (χ0) is 23.3. The Morgan fingerprint density at radius 3 is 2.73 bits per heavy atom. The summed E-state index contributed by atoms with van der Waals surface area (Å²) >= 11 is 0. The molecular weight excluding hydrogens is 416 g/mol. The summed E-state index contributed by atoms with van der Waals surface area (Å²) in [5.41, 5.74) is 6.40. The van der Waals surface area contributed by atoms with Gasteiger partial charge in [0.1, 0.15) is 5.82 Å². The molecule has 8 nitrogen and oxygen atoms in total. The highest BCUT2D eigenvalue weighted by atomic mass is 16.2. The van der Waals surface area contributed by atoms with Gasteiger partial charge in [-0.3, -0.25) is 14.5 Å². The number of hydrogen-bond acceptors (Lipinski definition) is 5. The maximum Gasteiger partial charge on any atom is 0.228 e. The summed E-state index contributed by atoms with van der Waals surface area (Å²) in [6.45, 7) is 7.45. The van der Waals surface area contributed by atoms with Crippen molar-refractivity contribution in [3.8, 4) is 0 Å². The second-order valence-electron chi connectivity index (χ2n) is 9.28. The number of carbonyl (C=O) groups excluding carboxylic acids is 2. The molecule has 1 saturated heterocycles. The van der Waals surface area contributed by atoms with Crippen LogP contribution in [0, 0.1) is 20.8 Å². The summed E-state index contributed by atoms with van der Waals surface area (Å²) < 4.78 is 2.06. The lowest BCUT2D eigenvalue weighted by atomic mass is 10.0. The molecule has 2 aliphatic heterocycles. The van der Waals surface area contributed by atoms with E-state index in [-0.39, 0.29) is 17.9 Å². The number of aromatic nitrogens is 4. The number of carbonyl (C=O) groups is 2. The Bertz CT molecular complexity index is 1260. The van der Waals surface area contributed by atoms with Gasteiger partial charge in [-0.15, -0.1) is 0 Å². The summed E-state index contributed by atoms with van der Waals surface area (Å²) in [5, 5.41) is 0. The molecule has 0 radical (unpaired) electrons. The van der Waals surface area contributed by atoms with Crippen LogP contribution in [0.4, 0.5) is 5.82 Å². The molecule has 4 heterocycles. The number of nitrogens with zero attached hydrogens (tertiary/aromatic N) is 6. The van der Waals surface area contributed by atoms with Crippen LogP contribution in [0.2, 0.25) is 0 Å². The van der Waals surface area contributed by atoms with Crippen molar-refractivity contribution < 1.29 is 9.59 Å². The predicted molar refractivity (Wildman–Crippen MR) is 126 cm³/mol. The van der Waals surface area contributed by atoms with E-state index in [2.05, 4.69) is 35.5 Å². The van der Waals surface area contributed by atoms with E-state index in [1.54, 1.807) is 11.9 Å². The van der Waals surface area contributed by atoms with Crippen LogP contribution < -0.4 is 4.90 Å². The third kappa shape index (κ3) is 3.77. The van der Waals surface area contributed by atoms with Crippen LogP contribution in [0.5, 0.6) is 0 Å². The highest BCUT2D eigenvalue weighted by Gasteiger charge is 2.34. The summed E-state index contributed by atoms with van der Waals surface area (Å²) in [4.78, 5) is 43.0. The second-order valence-corrected chi connectivity index (χ2v) is 9.28. The van der Waals surface area contributed by atoms with E-state index < -0.39 is 0 Å². The normalized spacial score (nSPS) is 18.3. The Balaban J connectivity index is 1.35. The zero-order valence-corrected chi connectivity index (χ0v) is 19.8. The van der Waals surface area contributed by atoms with Gasteiger partial charge in [0, 0.05) is 44.2 Å². The number of likely N-dealkylation sites (tertiary alicyclic amines) is 1. The molecule has 0 bridgehead atoms. The average molecular weight is 447 g/mol. The maximum atomic E-state index is 13.2. The molecule has 2 aromatic heterocycles. The molecule has 2 aliphatic rings. The largest absolute Gasteiger partial charge is 0.332 e. The standard InChI is InChI=1S/C25H30N6O2/c1-15-12-19-21(13-16(15)2)30(14-26-19)11-9-23(33)31-10-5-6-20(31)24-27-17(3)18-7-8-22(32)29(4)25(18)28-24/h12-14,20H,5-11H2,1-4H3.